The minimum atomic E-state index is -0.732. The molecule has 1 N–H and O–H groups in total. The number of benzene rings is 1. The summed E-state index contributed by atoms with van der Waals surface area (Å²) in [6.45, 7) is 0. The van der Waals surface area contributed by atoms with E-state index in [0.29, 0.717) is 6.29 Å². The lowest BCUT2D eigenvalue weighted by molar-refractivity contribution is 0.111. The molecule has 2 rings (SSSR count). The normalized spacial score (nSPS) is 10.4. The second-order valence-corrected chi connectivity index (χ2v) is 3.79. The molecule has 0 radical (unpaired) electrons. The van der Waals surface area contributed by atoms with E-state index in [2.05, 4.69) is 25.9 Å². The van der Waals surface area contributed by atoms with Gasteiger partial charge in [0.05, 0.1) is 5.56 Å². The van der Waals surface area contributed by atoms with Crippen molar-refractivity contribution in [2.75, 3.05) is 0 Å². The van der Waals surface area contributed by atoms with E-state index in [9.17, 15) is 13.6 Å². The Hall–Kier alpha value is -1.56. The van der Waals surface area contributed by atoms with Gasteiger partial charge in [-0.05, 0) is 28.1 Å². The van der Waals surface area contributed by atoms with Gasteiger partial charge >= 0.3 is 0 Å². The van der Waals surface area contributed by atoms with E-state index >= 15 is 0 Å². The summed E-state index contributed by atoms with van der Waals surface area (Å²) in [4.78, 5) is 16.8. The number of aldehydes is 1. The highest BCUT2D eigenvalue weighted by atomic mass is 79.9. The summed E-state index contributed by atoms with van der Waals surface area (Å²) >= 11 is 3.05. The standard InChI is InChI=1S/C10H5BrF2N2O/c11-10-9(14-7(4-16)15-10)8-5(12)2-1-3-6(8)13/h1-4H,(H,14,15). The molecule has 0 amide bonds. The largest absolute Gasteiger partial charge is 0.330 e. The predicted molar refractivity (Wildman–Crippen MR) is 57.0 cm³/mol. The highest BCUT2D eigenvalue weighted by Crippen LogP contribution is 2.29. The Kier molecular flexibility index (Phi) is 2.82. The maximum Gasteiger partial charge on any atom is 0.185 e. The minimum absolute atomic E-state index is 0.00419. The average Bonchev–Trinajstić information content (AvgIpc) is 2.60. The highest BCUT2D eigenvalue weighted by Gasteiger charge is 2.17. The maximum atomic E-state index is 13.4. The van der Waals surface area contributed by atoms with E-state index in [1.54, 1.807) is 0 Å². The second-order valence-electron chi connectivity index (χ2n) is 3.00. The first-order chi connectivity index (χ1) is 7.63. The Labute approximate surface area is 97.6 Å². The number of nitrogens with zero attached hydrogens (tertiary/aromatic N) is 1. The van der Waals surface area contributed by atoms with Gasteiger partial charge in [0.2, 0.25) is 0 Å². The topological polar surface area (TPSA) is 45.8 Å². The Morgan fingerprint density at radius 3 is 2.44 bits per heavy atom. The third-order valence-electron chi connectivity index (χ3n) is 1.99. The van der Waals surface area contributed by atoms with Crippen molar-refractivity contribution >= 4 is 22.2 Å². The van der Waals surface area contributed by atoms with Crippen molar-refractivity contribution in [3.05, 3.63) is 40.3 Å². The summed E-state index contributed by atoms with van der Waals surface area (Å²) in [6, 6.07) is 3.51. The lowest BCUT2D eigenvalue weighted by Crippen LogP contribution is -1.90. The van der Waals surface area contributed by atoms with Gasteiger partial charge in [-0.3, -0.25) is 4.79 Å². The van der Waals surface area contributed by atoms with Crippen LogP contribution in [0.5, 0.6) is 0 Å². The Morgan fingerprint density at radius 1 is 1.31 bits per heavy atom. The highest BCUT2D eigenvalue weighted by molar-refractivity contribution is 9.10. The third kappa shape index (κ3) is 1.76. The molecule has 0 saturated carbocycles. The van der Waals surface area contributed by atoms with Crippen LogP contribution in [0.3, 0.4) is 0 Å². The Morgan fingerprint density at radius 2 is 1.94 bits per heavy atom. The molecule has 2 aromatic rings. The molecule has 1 aromatic heterocycles. The van der Waals surface area contributed by atoms with Crippen LogP contribution in [0, 0.1) is 11.6 Å². The zero-order valence-corrected chi connectivity index (χ0v) is 9.38. The Bertz CT molecular complexity index is 533. The first-order valence-electron chi connectivity index (χ1n) is 4.28. The minimum Gasteiger partial charge on any atom is -0.330 e. The molecule has 1 heterocycles. The maximum absolute atomic E-state index is 13.4. The quantitative estimate of drug-likeness (QED) is 0.863. The van der Waals surface area contributed by atoms with Gasteiger partial charge in [-0.15, -0.1) is 0 Å². The lowest BCUT2D eigenvalue weighted by Gasteiger charge is -2.01. The summed E-state index contributed by atoms with van der Waals surface area (Å²) in [5.74, 6) is -1.46. The number of nitrogens with one attached hydrogen (secondary N) is 1. The number of hydrogen-bond donors (Lipinski definition) is 1. The molecule has 0 bridgehead atoms. The van der Waals surface area contributed by atoms with Crippen LogP contribution in [0.15, 0.2) is 22.8 Å². The zero-order chi connectivity index (χ0) is 11.7. The lowest BCUT2D eigenvalue weighted by atomic mass is 10.1. The van der Waals surface area contributed by atoms with E-state index in [0.717, 1.165) is 12.1 Å². The van der Waals surface area contributed by atoms with Crippen molar-refractivity contribution in [3.63, 3.8) is 0 Å². The summed E-state index contributed by atoms with van der Waals surface area (Å²) in [7, 11) is 0. The molecule has 0 atom stereocenters. The second kappa shape index (κ2) is 4.13. The molecular formula is C10H5BrF2N2O. The summed E-state index contributed by atoms with van der Waals surface area (Å²) in [5.41, 5.74) is -0.226. The van der Waals surface area contributed by atoms with Gasteiger partial charge in [-0.2, -0.15) is 0 Å². The molecule has 6 heteroatoms. The molecule has 0 spiro atoms. The summed E-state index contributed by atoms with van der Waals surface area (Å²) in [6.07, 6.45) is 0.465. The number of aromatic nitrogens is 2. The van der Waals surface area contributed by atoms with Crippen LogP contribution in [0.25, 0.3) is 11.3 Å². The monoisotopic (exact) mass is 286 g/mol. The van der Waals surface area contributed by atoms with Crippen LogP contribution in [0.4, 0.5) is 8.78 Å². The van der Waals surface area contributed by atoms with Gasteiger partial charge in [0, 0.05) is 0 Å². The van der Waals surface area contributed by atoms with E-state index < -0.39 is 11.6 Å². The fraction of sp³-hybridized carbons (Fsp3) is 0. The number of aromatic amines is 1. The molecule has 0 aliphatic heterocycles. The molecule has 3 nitrogen and oxygen atoms in total. The molecule has 0 aliphatic rings. The van der Waals surface area contributed by atoms with E-state index in [4.69, 9.17) is 0 Å². The summed E-state index contributed by atoms with van der Waals surface area (Å²) < 4.78 is 27.1. The van der Waals surface area contributed by atoms with Crippen molar-refractivity contribution in [1.82, 2.24) is 9.97 Å². The number of H-pyrrole nitrogens is 1. The molecule has 1 aromatic carbocycles. The van der Waals surface area contributed by atoms with E-state index in [-0.39, 0.29) is 21.7 Å². The van der Waals surface area contributed by atoms with Crippen molar-refractivity contribution in [1.29, 1.82) is 0 Å². The number of hydrogen-bond acceptors (Lipinski definition) is 2. The fourth-order valence-corrected chi connectivity index (χ4v) is 1.80. The fourth-order valence-electron chi connectivity index (χ4n) is 1.31. The van der Waals surface area contributed by atoms with Gasteiger partial charge in [0.15, 0.2) is 12.1 Å². The van der Waals surface area contributed by atoms with E-state index in [1.165, 1.54) is 6.07 Å². The van der Waals surface area contributed by atoms with Crippen LogP contribution in [-0.4, -0.2) is 16.3 Å². The van der Waals surface area contributed by atoms with Gasteiger partial charge in [-0.1, -0.05) is 6.07 Å². The number of carbonyl (C=O) groups is 1. The first-order valence-corrected chi connectivity index (χ1v) is 5.08. The number of rotatable bonds is 2. The Balaban J connectivity index is 2.66. The molecule has 0 aliphatic carbocycles. The van der Waals surface area contributed by atoms with E-state index in [1.807, 2.05) is 0 Å². The van der Waals surface area contributed by atoms with Crippen molar-refractivity contribution in [2.45, 2.75) is 0 Å². The first kappa shape index (κ1) is 10.9. The molecule has 0 unspecified atom stereocenters. The van der Waals surface area contributed by atoms with Crippen molar-refractivity contribution < 1.29 is 13.6 Å². The zero-order valence-electron chi connectivity index (χ0n) is 7.80. The average molecular weight is 287 g/mol. The van der Waals surface area contributed by atoms with Gasteiger partial charge in [0.1, 0.15) is 21.9 Å². The van der Waals surface area contributed by atoms with Crippen LogP contribution < -0.4 is 0 Å². The van der Waals surface area contributed by atoms with Gasteiger partial charge in [-0.25, -0.2) is 13.8 Å². The molecular weight excluding hydrogens is 282 g/mol. The molecule has 0 fully saturated rings. The van der Waals surface area contributed by atoms with Crippen LogP contribution in [0.2, 0.25) is 0 Å². The van der Waals surface area contributed by atoms with Crippen LogP contribution in [0.1, 0.15) is 10.6 Å². The SMILES string of the molecule is O=Cc1nc(-c2c(F)cccc2F)c(Br)[nH]1. The number of halogens is 3. The van der Waals surface area contributed by atoms with Crippen LogP contribution >= 0.6 is 15.9 Å². The van der Waals surface area contributed by atoms with Gasteiger partial charge < -0.3 is 4.98 Å². The number of carbonyl (C=O) groups excluding carboxylic acids is 1. The van der Waals surface area contributed by atoms with Crippen molar-refractivity contribution in [2.24, 2.45) is 0 Å². The van der Waals surface area contributed by atoms with Crippen molar-refractivity contribution in [3.8, 4) is 11.3 Å². The van der Waals surface area contributed by atoms with Crippen LogP contribution in [-0.2, 0) is 0 Å². The molecule has 82 valence electrons. The smallest absolute Gasteiger partial charge is 0.185 e. The van der Waals surface area contributed by atoms with Gasteiger partial charge in [0.25, 0.3) is 0 Å². The molecule has 0 saturated heterocycles. The molecule has 16 heavy (non-hydrogen) atoms. The predicted octanol–water partition coefficient (Wildman–Crippen LogP) is 2.93. The number of imidazole rings is 1. The summed E-state index contributed by atoms with van der Waals surface area (Å²) in [5, 5.41) is 0. The third-order valence-corrected chi connectivity index (χ3v) is 2.56.